The third kappa shape index (κ3) is 7.98. The van der Waals surface area contributed by atoms with Gasteiger partial charge >= 0.3 is 0 Å². The molecule has 0 aliphatic heterocycles. The lowest BCUT2D eigenvalue weighted by atomic mass is 10.2. The van der Waals surface area contributed by atoms with Crippen LogP contribution >= 0.6 is 0 Å². The summed E-state index contributed by atoms with van der Waals surface area (Å²) in [5, 5.41) is 8.45. The molecule has 0 aliphatic carbocycles. The standard InChI is InChI=1S/C11H20O3/c1-13-11(14-2)9-7-5-3-4-6-8-10-12/h3-4,6,8,11-12H,5,7,9-10H2,1-2H3/b4-3+,8-6+. The summed E-state index contributed by atoms with van der Waals surface area (Å²) in [6, 6.07) is 0. The second-order valence-electron chi connectivity index (χ2n) is 2.87. The predicted octanol–water partition coefficient (Wildman–Crippen LogP) is 1.88. The molecule has 0 atom stereocenters. The minimum absolute atomic E-state index is 0.0867. The molecule has 0 unspecified atom stereocenters. The van der Waals surface area contributed by atoms with E-state index >= 15 is 0 Å². The molecule has 0 radical (unpaired) electrons. The number of hydrogen-bond donors (Lipinski definition) is 1. The molecule has 3 nitrogen and oxygen atoms in total. The fourth-order valence-corrected chi connectivity index (χ4v) is 1.05. The predicted molar refractivity (Wildman–Crippen MR) is 57.0 cm³/mol. The van der Waals surface area contributed by atoms with Gasteiger partial charge in [-0.3, -0.25) is 0 Å². The van der Waals surface area contributed by atoms with Gasteiger partial charge in [-0.15, -0.1) is 0 Å². The van der Waals surface area contributed by atoms with E-state index in [0.717, 1.165) is 19.3 Å². The first-order valence-electron chi connectivity index (χ1n) is 4.83. The number of aliphatic hydroxyl groups is 1. The summed E-state index contributed by atoms with van der Waals surface area (Å²) in [6.07, 6.45) is 10.4. The normalized spacial score (nSPS) is 12.3. The van der Waals surface area contributed by atoms with Crippen LogP contribution in [0.15, 0.2) is 24.3 Å². The molecule has 3 heteroatoms. The van der Waals surface area contributed by atoms with Crippen molar-refractivity contribution >= 4 is 0 Å². The summed E-state index contributed by atoms with van der Waals surface area (Å²) in [5.41, 5.74) is 0. The van der Waals surface area contributed by atoms with Gasteiger partial charge in [-0.2, -0.15) is 0 Å². The number of allylic oxidation sites excluding steroid dienone is 3. The van der Waals surface area contributed by atoms with Crippen LogP contribution in [0.1, 0.15) is 19.3 Å². The topological polar surface area (TPSA) is 38.7 Å². The molecular weight excluding hydrogens is 180 g/mol. The van der Waals surface area contributed by atoms with Crippen LogP contribution in [0.4, 0.5) is 0 Å². The van der Waals surface area contributed by atoms with E-state index in [1.165, 1.54) is 0 Å². The summed E-state index contributed by atoms with van der Waals surface area (Å²) in [6.45, 7) is 0.0970. The minimum Gasteiger partial charge on any atom is -0.392 e. The van der Waals surface area contributed by atoms with E-state index in [9.17, 15) is 0 Å². The lowest BCUT2D eigenvalue weighted by Gasteiger charge is -2.11. The molecule has 0 heterocycles. The Bertz CT molecular complexity index is 160. The first-order valence-corrected chi connectivity index (χ1v) is 4.83. The lowest BCUT2D eigenvalue weighted by Crippen LogP contribution is -2.12. The Morgan fingerprint density at radius 3 is 2.36 bits per heavy atom. The van der Waals surface area contributed by atoms with Crippen LogP contribution in [-0.2, 0) is 9.47 Å². The molecule has 0 aliphatic rings. The first kappa shape index (κ1) is 13.4. The zero-order valence-electron chi connectivity index (χ0n) is 8.98. The van der Waals surface area contributed by atoms with Crippen molar-refractivity contribution in [3.8, 4) is 0 Å². The molecule has 0 rings (SSSR count). The van der Waals surface area contributed by atoms with Crippen LogP contribution in [-0.4, -0.2) is 32.2 Å². The minimum atomic E-state index is -0.0867. The monoisotopic (exact) mass is 200 g/mol. The molecule has 0 spiro atoms. The lowest BCUT2D eigenvalue weighted by molar-refractivity contribution is -0.106. The molecule has 0 aromatic rings. The average molecular weight is 200 g/mol. The van der Waals surface area contributed by atoms with E-state index in [0.29, 0.717) is 0 Å². The fourth-order valence-electron chi connectivity index (χ4n) is 1.05. The highest BCUT2D eigenvalue weighted by Gasteiger charge is 2.02. The smallest absolute Gasteiger partial charge is 0.156 e. The van der Waals surface area contributed by atoms with Crippen molar-refractivity contribution in [1.82, 2.24) is 0 Å². The van der Waals surface area contributed by atoms with Crippen LogP contribution in [0, 0.1) is 0 Å². The number of rotatable bonds is 8. The fraction of sp³-hybridized carbons (Fsp3) is 0.636. The van der Waals surface area contributed by atoms with Crippen molar-refractivity contribution in [2.75, 3.05) is 20.8 Å². The van der Waals surface area contributed by atoms with Gasteiger partial charge in [0.05, 0.1) is 6.61 Å². The first-order chi connectivity index (χ1) is 6.85. The molecule has 1 N–H and O–H groups in total. The summed E-state index contributed by atoms with van der Waals surface area (Å²) in [5.74, 6) is 0. The second-order valence-corrected chi connectivity index (χ2v) is 2.87. The van der Waals surface area contributed by atoms with Crippen LogP contribution in [0.3, 0.4) is 0 Å². The van der Waals surface area contributed by atoms with Gasteiger partial charge in [-0.25, -0.2) is 0 Å². The van der Waals surface area contributed by atoms with Crippen LogP contribution in [0.2, 0.25) is 0 Å². The maximum absolute atomic E-state index is 8.45. The summed E-state index contributed by atoms with van der Waals surface area (Å²) in [7, 11) is 3.29. The Balaban J connectivity index is 3.36. The maximum Gasteiger partial charge on any atom is 0.156 e. The van der Waals surface area contributed by atoms with Gasteiger partial charge in [-0.05, 0) is 19.3 Å². The number of hydrogen-bond acceptors (Lipinski definition) is 3. The van der Waals surface area contributed by atoms with Crippen LogP contribution < -0.4 is 0 Å². The number of aliphatic hydroxyl groups excluding tert-OH is 1. The van der Waals surface area contributed by atoms with E-state index in [1.54, 1.807) is 20.3 Å². The van der Waals surface area contributed by atoms with Crippen LogP contribution in [0.5, 0.6) is 0 Å². The van der Waals surface area contributed by atoms with Crippen molar-refractivity contribution < 1.29 is 14.6 Å². The van der Waals surface area contributed by atoms with Gasteiger partial charge in [0.25, 0.3) is 0 Å². The van der Waals surface area contributed by atoms with E-state index in [2.05, 4.69) is 6.08 Å². The quantitative estimate of drug-likeness (QED) is 0.369. The van der Waals surface area contributed by atoms with Crippen molar-refractivity contribution in [2.45, 2.75) is 25.6 Å². The van der Waals surface area contributed by atoms with E-state index in [-0.39, 0.29) is 12.9 Å². The molecule has 0 fully saturated rings. The largest absolute Gasteiger partial charge is 0.392 e. The Morgan fingerprint density at radius 1 is 1.14 bits per heavy atom. The summed E-state index contributed by atoms with van der Waals surface area (Å²) < 4.78 is 10.1. The number of unbranched alkanes of at least 4 members (excludes halogenated alkanes) is 1. The van der Waals surface area contributed by atoms with Gasteiger partial charge in [0.1, 0.15) is 0 Å². The Hall–Kier alpha value is -0.640. The van der Waals surface area contributed by atoms with Gasteiger partial charge in [0, 0.05) is 14.2 Å². The van der Waals surface area contributed by atoms with E-state index in [1.807, 2.05) is 12.2 Å². The van der Waals surface area contributed by atoms with Gasteiger partial charge in [-0.1, -0.05) is 24.3 Å². The van der Waals surface area contributed by atoms with Gasteiger partial charge in [0.15, 0.2) is 6.29 Å². The Morgan fingerprint density at radius 2 is 1.79 bits per heavy atom. The van der Waals surface area contributed by atoms with E-state index < -0.39 is 0 Å². The molecule has 0 amide bonds. The molecule has 0 aromatic carbocycles. The Kier molecular flexibility index (Phi) is 9.96. The molecule has 0 saturated carbocycles. The maximum atomic E-state index is 8.45. The molecule has 82 valence electrons. The SMILES string of the molecule is COC(CCC/C=C/C=C/CO)OC. The second kappa shape index (κ2) is 10.4. The highest BCUT2D eigenvalue weighted by atomic mass is 16.7. The van der Waals surface area contributed by atoms with Gasteiger partial charge < -0.3 is 14.6 Å². The summed E-state index contributed by atoms with van der Waals surface area (Å²) in [4.78, 5) is 0. The van der Waals surface area contributed by atoms with E-state index in [4.69, 9.17) is 14.6 Å². The van der Waals surface area contributed by atoms with Gasteiger partial charge in [0.2, 0.25) is 0 Å². The molecule has 0 saturated heterocycles. The third-order valence-corrected chi connectivity index (χ3v) is 1.83. The summed E-state index contributed by atoms with van der Waals surface area (Å²) >= 11 is 0. The zero-order chi connectivity index (χ0) is 10.6. The molecule has 14 heavy (non-hydrogen) atoms. The molecule has 0 bridgehead atoms. The molecule has 0 aromatic heterocycles. The van der Waals surface area contributed by atoms with Crippen molar-refractivity contribution in [3.05, 3.63) is 24.3 Å². The number of methoxy groups -OCH3 is 2. The zero-order valence-corrected chi connectivity index (χ0v) is 8.98. The number of ether oxygens (including phenoxy) is 2. The third-order valence-electron chi connectivity index (χ3n) is 1.83. The van der Waals surface area contributed by atoms with Crippen LogP contribution in [0.25, 0.3) is 0 Å². The van der Waals surface area contributed by atoms with Crippen molar-refractivity contribution in [2.24, 2.45) is 0 Å². The molecular formula is C11H20O3. The van der Waals surface area contributed by atoms with Crippen molar-refractivity contribution in [3.63, 3.8) is 0 Å². The van der Waals surface area contributed by atoms with Crippen molar-refractivity contribution in [1.29, 1.82) is 0 Å². The Labute approximate surface area is 86.0 Å². The highest BCUT2D eigenvalue weighted by Crippen LogP contribution is 2.04. The highest BCUT2D eigenvalue weighted by molar-refractivity contribution is 5.02. The average Bonchev–Trinajstić information content (AvgIpc) is 2.22.